The average molecular weight is 400 g/mol. The number of benzene rings is 2. The molecule has 0 unspecified atom stereocenters. The fourth-order valence-electron chi connectivity index (χ4n) is 6.01. The molecule has 2 heteroatoms. The zero-order valence-electron chi connectivity index (χ0n) is 18.6. The van der Waals surface area contributed by atoms with E-state index in [4.69, 9.17) is 0 Å². The third-order valence-corrected chi connectivity index (χ3v) is 7.46. The Morgan fingerprint density at radius 1 is 0.733 bits per heavy atom. The van der Waals surface area contributed by atoms with E-state index in [1.807, 2.05) is 0 Å². The molecule has 0 atom stereocenters. The van der Waals surface area contributed by atoms with Crippen molar-refractivity contribution in [2.24, 2.45) is 0 Å². The fourth-order valence-corrected chi connectivity index (χ4v) is 6.01. The van der Waals surface area contributed by atoms with E-state index in [1.54, 1.807) is 5.82 Å². The first kappa shape index (κ1) is 19.6. The summed E-state index contributed by atoms with van der Waals surface area (Å²) in [4.78, 5) is 0. The molecule has 2 fully saturated rings. The smallest absolute Gasteiger partial charge is 0.224 e. The summed E-state index contributed by atoms with van der Waals surface area (Å²) in [5.41, 5.74) is 6.95. The number of para-hydroxylation sites is 1. The highest BCUT2D eigenvalue weighted by molar-refractivity contribution is 5.61. The van der Waals surface area contributed by atoms with Crippen molar-refractivity contribution in [2.75, 3.05) is 0 Å². The molecule has 0 bridgehead atoms. The van der Waals surface area contributed by atoms with Gasteiger partial charge < -0.3 is 0 Å². The Labute approximate surface area is 181 Å². The number of rotatable bonds is 4. The van der Waals surface area contributed by atoms with Crippen molar-refractivity contribution in [3.63, 3.8) is 0 Å². The highest BCUT2D eigenvalue weighted by Gasteiger charge is 2.40. The van der Waals surface area contributed by atoms with Gasteiger partial charge in [0.1, 0.15) is 11.7 Å². The molecule has 1 aromatic heterocycles. The van der Waals surface area contributed by atoms with Crippen molar-refractivity contribution >= 4 is 0 Å². The lowest BCUT2D eigenvalue weighted by Gasteiger charge is -2.22. The van der Waals surface area contributed by atoms with Gasteiger partial charge in [-0.05, 0) is 57.1 Å². The summed E-state index contributed by atoms with van der Waals surface area (Å²) in [7, 11) is 0. The van der Waals surface area contributed by atoms with Crippen LogP contribution < -0.4 is 4.57 Å². The zero-order chi connectivity index (χ0) is 20.5. The van der Waals surface area contributed by atoms with Crippen molar-refractivity contribution < 1.29 is 4.57 Å². The maximum atomic E-state index is 2.81. The molecule has 1 heterocycles. The Bertz CT molecular complexity index is 1000. The third kappa shape index (κ3) is 3.41. The standard InChI is InChI=1S/C28H35N2/c1-21-13-9-12-20-26(21)29-22(2)27(23-14-5-3-6-15-23)30(25-18-10-11-19-25)28(29)24-16-7-4-8-17-24/h3,5-6,9,12-15,20,24-25H,4,7-8,10-11,16-19H2,1-2H3/q+1. The van der Waals surface area contributed by atoms with Gasteiger partial charge in [-0.15, -0.1) is 0 Å². The van der Waals surface area contributed by atoms with Crippen molar-refractivity contribution in [1.29, 1.82) is 0 Å². The maximum absolute atomic E-state index is 2.81. The minimum Gasteiger partial charge on any atom is -0.224 e. The van der Waals surface area contributed by atoms with Gasteiger partial charge in [-0.1, -0.05) is 67.8 Å². The minimum absolute atomic E-state index is 0.640. The summed E-state index contributed by atoms with van der Waals surface area (Å²) in [6.45, 7) is 4.62. The highest BCUT2D eigenvalue weighted by atomic mass is 15.2. The lowest BCUT2D eigenvalue weighted by atomic mass is 9.88. The van der Waals surface area contributed by atoms with Crippen molar-refractivity contribution in [3.05, 3.63) is 71.7 Å². The quantitative estimate of drug-likeness (QED) is 0.410. The Hall–Kier alpha value is -2.35. The zero-order valence-corrected chi connectivity index (χ0v) is 18.6. The summed E-state index contributed by atoms with van der Waals surface area (Å²) < 4.78 is 5.45. The molecule has 0 N–H and O–H groups in total. The van der Waals surface area contributed by atoms with E-state index in [0.717, 1.165) is 0 Å². The van der Waals surface area contributed by atoms with E-state index >= 15 is 0 Å². The molecule has 2 saturated carbocycles. The van der Waals surface area contributed by atoms with Crippen molar-refractivity contribution in [3.8, 4) is 16.9 Å². The number of nitrogens with zero attached hydrogens (tertiary/aromatic N) is 2. The summed E-state index contributed by atoms with van der Waals surface area (Å²) in [5, 5.41) is 0. The van der Waals surface area contributed by atoms with Gasteiger partial charge in [0, 0.05) is 12.5 Å². The van der Waals surface area contributed by atoms with Crippen LogP contribution in [0.1, 0.15) is 86.8 Å². The van der Waals surface area contributed by atoms with Crippen LogP contribution in [0.5, 0.6) is 0 Å². The molecular weight excluding hydrogens is 364 g/mol. The van der Waals surface area contributed by atoms with Crippen LogP contribution >= 0.6 is 0 Å². The van der Waals surface area contributed by atoms with Crippen LogP contribution in [-0.2, 0) is 0 Å². The van der Waals surface area contributed by atoms with Crippen LogP contribution in [0.15, 0.2) is 54.6 Å². The van der Waals surface area contributed by atoms with Crippen molar-refractivity contribution in [2.45, 2.75) is 83.6 Å². The van der Waals surface area contributed by atoms with Gasteiger partial charge in [0.05, 0.1) is 5.92 Å². The van der Waals surface area contributed by atoms with Crippen LogP contribution in [0, 0.1) is 13.8 Å². The van der Waals surface area contributed by atoms with Gasteiger partial charge in [0.25, 0.3) is 5.82 Å². The second-order valence-corrected chi connectivity index (χ2v) is 9.42. The largest absolute Gasteiger partial charge is 0.265 e. The van der Waals surface area contributed by atoms with E-state index in [9.17, 15) is 0 Å². The van der Waals surface area contributed by atoms with Crippen LogP contribution in [0.4, 0.5) is 0 Å². The van der Waals surface area contributed by atoms with Gasteiger partial charge in [-0.2, -0.15) is 4.57 Å². The summed E-state index contributed by atoms with van der Waals surface area (Å²) in [6, 6.07) is 20.7. The molecule has 0 spiro atoms. The van der Waals surface area contributed by atoms with Gasteiger partial charge >= 0.3 is 0 Å². The Morgan fingerprint density at radius 2 is 1.37 bits per heavy atom. The molecule has 30 heavy (non-hydrogen) atoms. The number of aromatic nitrogens is 2. The molecular formula is C28H35N2+. The molecule has 0 aliphatic heterocycles. The average Bonchev–Trinajstić information content (AvgIpc) is 3.41. The van der Waals surface area contributed by atoms with E-state index in [1.165, 1.54) is 86.0 Å². The van der Waals surface area contributed by atoms with E-state index in [0.29, 0.717) is 12.0 Å². The van der Waals surface area contributed by atoms with E-state index < -0.39 is 0 Å². The molecule has 3 aromatic rings. The number of hydrogen-bond donors (Lipinski definition) is 0. The van der Waals surface area contributed by atoms with Gasteiger partial charge in [0.2, 0.25) is 0 Å². The first-order chi connectivity index (χ1) is 14.8. The molecule has 0 amide bonds. The predicted molar refractivity (Wildman–Crippen MR) is 124 cm³/mol. The SMILES string of the molecule is Cc1ccccc1-n1c(C)c(-c2ccccc2)[n+](C2CCCC2)c1C1CCCCC1. The minimum atomic E-state index is 0.640. The molecule has 2 aliphatic rings. The molecule has 156 valence electrons. The molecule has 5 rings (SSSR count). The monoisotopic (exact) mass is 399 g/mol. The molecule has 2 nitrogen and oxygen atoms in total. The number of aryl methyl sites for hydroxylation is 1. The molecule has 0 radical (unpaired) electrons. The Morgan fingerprint density at radius 3 is 2.07 bits per heavy atom. The van der Waals surface area contributed by atoms with E-state index in [-0.39, 0.29) is 0 Å². The lowest BCUT2D eigenvalue weighted by molar-refractivity contribution is -0.719. The van der Waals surface area contributed by atoms with Gasteiger partial charge in [-0.3, -0.25) is 0 Å². The van der Waals surface area contributed by atoms with Crippen LogP contribution in [0.25, 0.3) is 16.9 Å². The summed E-state index contributed by atoms with van der Waals surface area (Å²) in [5.74, 6) is 2.24. The van der Waals surface area contributed by atoms with Crippen LogP contribution in [0.3, 0.4) is 0 Å². The van der Waals surface area contributed by atoms with Gasteiger partial charge in [0.15, 0.2) is 11.4 Å². The number of hydrogen-bond acceptors (Lipinski definition) is 0. The van der Waals surface area contributed by atoms with Gasteiger partial charge in [-0.25, -0.2) is 4.57 Å². The third-order valence-electron chi connectivity index (χ3n) is 7.46. The van der Waals surface area contributed by atoms with Crippen LogP contribution in [-0.4, -0.2) is 4.57 Å². The summed E-state index contributed by atoms with van der Waals surface area (Å²) in [6.07, 6.45) is 12.2. The van der Waals surface area contributed by atoms with E-state index in [2.05, 4.69) is 77.6 Å². The normalized spacial score (nSPS) is 18.2. The second kappa shape index (κ2) is 8.41. The van der Waals surface area contributed by atoms with Crippen molar-refractivity contribution in [1.82, 2.24) is 4.57 Å². The summed E-state index contributed by atoms with van der Waals surface area (Å²) >= 11 is 0. The topological polar surface area (TPSA) is 8.81 Å². The maximum Gasteiger partial charge on any atom is 0.265 e. The Kier molecular flexibility index (Phi) is 5.50. The molecule has 2 aromatic carbocycles. The molecule has 0 saturated heterocycles. The highest BCUT2D eigenvalue weighted by Crippen LogP contribution is 2.39. The number of imidazole rings is 1. The predicted octanol–water partition coefficient (Wildman–Crippen LogP) is 7.21. The second-order valence-electron chi connectivity index (χ2n) is 9.42. The Balaban J connectivity index is 1.82. The molecule has 2 aliphatic carbocycles. The lowest BCUT2D eigenvalue weighted by Crippen LogP contribution is -2.44. The first-order valence-corrected chi connectivity index (χ1v) is 12.0. The first-order valence-electron chi connectivity index (χ1n) is 12.0. The van der Waals surface area contributed by atoms with Crippen LogP contribution in [0.2, 0.25) is 0 Å². The fraction of sp³-hybridized carbons (Fsp3) is 0.464.